The van der Waals surface area contributed by atoms with Crippen molar-refractivity contribution in [2.45, 2.75) is 23.5 Å². The molecule has 1 aliphatic rings. The standard InChI is InChI=1S/C11H10BrF3O/c12-9-5-10(16-6-9)7-1-3-8(4-2-7)11(13,14)15/h1-4,9-10H,5-6H2. The minimum atomic E-state index is -4.27. The number of alkyl halides is 4. The predicted octanol–water partition coefficient (Wildman–Crippen LogP) is 3.93. The Labute approximate surface area is 99.7 Å². The Morgan fingerprint density at radius 2 is 1.81 bits per heavy atom. The third-order valence-electron chi connectivity index (χ3n) is 2.56. The molecule has 1 aliphatic heterocycles. The van der Waals surface area contributed by atoms with Gasteiger partial charge in [0.25, 0.3) is 0 Å². The Hall–Kier alpha value is -0.550. The summed E-state index contributed by atoms with van der Waals surface area (Å²) in [5.74, 6) is 0. The molecule has 1 aromatic carbocycles. The lowest BCUT2D eigenvalue weighted by Gasteiger charge is -2.11. The fourth-order valence-electron chi connectivity index (χ4n) is 1.71. The summed E-state index contributed by atoms with van der Waals surface area (Å²) < 4.78 is 42.4. The highest BCUT2D eigenvalue weighted by atomic mass is 79.9. The lowest BCUT2D eigenvalue weighted by atomic mass is 10.0. The van der Waals surface area contributed by atoms with E-state index in [2.05, 4.69) is 15.9 Å². The van der Waals surface area contributed by atoms with E-state index in [9.17, 15) is 13.2 Å². The molecule has 0 bridgehead atoms. The Morgan fingerprint density at radius 3 is 2.25 bits per heavy atom. The highest BCUT2D eigenvalue weighted by molar-refractivity contribution is 9.09. The van der Waals surface area contributed by atoms with Crippen LogP contribution in [0.1, 0.15) is 23.7 Å². The van der Waals surface area contributed by atoms with Crippen molar-refractivity contribution < 1.29 is 17.9 Å². The van der Waals surface area contributed by atoms with Crippen LogP contribution in [0.25, 0.3) is 0 Å². The largest absolute Gasteiger partial charge is 0.416 e. The zero-order valence-corrected chi connectivity index (χ0v) is 9.88. The third-order valence-corrected chi connectivity index (χ3v) is 3.20. The normalized spacial score (nSPS) is 26.0. The van der Waals surface area contributed by atoms with Crippen LogP contribution in [0.3, 0.4) is 0 Å². The van der Waals surface area contributed by atoms with E-state index < -0.39 is 11.7 Å². The van der Waals surface area contributed by atoms with Crippen molar-refractivity contribution in [3.63, 3.8) is 0 Å². The molecule has 1 nitrogen and oxygen atoms in total. The number of ether oxygens (including phenoxy) is 1. The molecule has 1 heterocycles. The Balaban J connectivity index is 2.14. The molecule has 0 saturated carbocycles. The van der Waals surface area contributed by atoms with Crippen LogP contribution in [0.2, 0.25) is 0 Å². The van der Waals surface area contributed by atoms with Crippen molar-refractivity contribution in [1.29, 1.82) is 0 Å². The summed E-state index contributed by atoms with van der Waals surface area (Å²) in [6.45, 7) is 0.603. The van der Waals surface area contributed by atoms with Gasteiger partial charge in [0.2, 0.25) is 0 Å². The first-order valence-electron chi connectivity index (χ1n) is 4.89. The van der Waals surface area contributed by atoms with Gasteiger partial charge in [-0.3, -0.25) is 0 Å². The summed E-state index contributed by atoms with van der Waals surface area (Å²) in [5, 5.41) is 0. The molecule has 0 amide bonds. The van der Waals surface area contributed by atoms with Crippen LogP contribution in [-0.2, 0) is 10.9 Å². The van der Waals surface area contributed by atoms with E-state index in [1.807, 2.05) is 0 Å². The minimum Gasteiger partial charge on any atom is -0.372 e. The molecule has 0 aromatic heterocycles. The summed E-state index contributed by atoms with van der Waals surface area (Å²) in [5.41, 5.74) is 0.180. The van der Waals surface area contributed by atoms with E-state index in [4.69, 9.17) is 4.74 Å². The van der Waals surface area contributed by atoms with Crippen molar-refractivity contribution >= 4 is 15.9 Å². The third kappa shape index (κ3) is 2.58. The van der Waals surface area contributed by atoms with Crippen LogP contribution < -0.4 is 0 Å². The summed E-state index contributed by atoms with van der Waals surface area (Å²) in [6.07, 6.45) is -3.56. The van der Waals surface area contributed by atoms with Gasteiger partial charge in [-0.2, -0.15) is 13.2 Å². The zero-order valence-electron chi connectivity index (χ0n) is 8.30. The summed E-state index contributed by atoms with van der Waals surface area (Å²) in [4.78, 5) is 0.291. The van der Waals surface area contributed by atoms with Gasteiger partial charge in [-0.25, -0.2) is 0 Å². The maximum atomic E-state index is 12.3. The number of hydrogen-bond acceptors (Lipinski definition) is 1. The van der Waals surface area contributed by atoms with E-state index in [1.54, 1.807) is 0 Å². The average molecular weight is 295 g/mol. The van der Waals surface area contributed by atoms with Crippen LogP contribution in [0.4, 0.5) is 13.2 Å². The average Bonchev–Trinajstić information content (AvgIpc) is 2.64. The van der Waals surface area contributed by atoms with Crippen LogP contribution in [0, 0.1) is 0 Å². The smallest absolute Gasteiger partial charge is 0.372 e. The van der Waals surface area contributed by atoms with Gasteiger partial charge >= 0.3 is 6.18 Å². The van der Waals surface area contributed by atoms with Gasteiger partial charge in [0.15, 0.2) is 0 Å². The highest BCUT2D eigenvalue weighted by Crippen LogP contribution is 2.34. The summed E-state index contributed by atoms with van der Waals surface area (Å²) >= 11 is 3.42. The Bertz CT molecular complexity index is 360. The maximum absolute atomic E-state index is 12.3. The molecule has 0 spiro atoms. The zero-order chi connectivity index (χ0) is 11.8. The van der Waals surface area contributed by atoms with Crippen molar-refractivity contribution in [3.8, 4) is 0 Å². The summed E-state index contributed by atoms with van der Waals surface area (Å²) in [7, 11) is 0. The molecule has 2 unspecified atom stereocenters. The van der Waals surface area contributed by atoms with Gasteiger partial charge in [-0.1, -0.05) is 28.1 Å². The molecule has 2 atom stereocenters. The lowest BCUT2D eigenvalue weighted by Crippen LogP contribution is -2.05. The second-order valence-electron chi connectivity index (χ2n) is 3.77. The maximum Gasteiger partial charge on any atom is 0.416 e. The Kier molecular flexibility index (Phi) is 3.26. The van der Waals surface area contributed by atoms with E-state index in [-0.39, 0.29) is 6.10 Å². The fraction of sp³-hybridized carbons (Fsp3) is 0.455. The predicted molar refractivity (Wildman–Crippen MR) is 57.5 cm³/mol. The molecule has 1 fully saturated rings. The van der Waals surface area contributed by atoms with Crippen molar-refractivity contribution in [3.05, 3.63) is 35.4 Å². The van der Waals surface area contributed by atoms with E-state index in [1.165, 1.54) is 12.1 Å². The van der Waals surface area contributed by atoms with Gasteiger partial charge in [-0.15, -0.1) is 0 Å². The van der Waals surface area contributed by atoms with Gasteiger partial charge in [0.05, 0.1) is 18.3 Å². The van der Waals surface area contributed by atoms with Gasteiger partial charge in [0, 0.05) is 4.83 Å². The van der Waals surface area contributed by atoms with E-state index in [0.29, 0.717) is 11.4 Å². The molecule has 16 heavy (non-hydrogen) atoms. The first kappa shape index (κ1) is 11.9. The first-order chi connectivity index (χ1) is 7.47. The fourth-order valence-corrected chi connectivity index (χ4v) is 2.20. The second kappa shape index (κ2) is 4.37. The van der Waals surface area contributed by atoms with Crippen LogP contribution in [0.5, 0.6) is 0 Å². The van der Waals surface area contributed by atoms with Gasteiger partial charge in [-0.05, 0) is 24.1 Å². The SMILES string of the molecule is FC(F)(F)c1ccc(C2CC(Br)CO2)cc1. The highest BCUT2D eigenvalue weighted by Gasteiger charge is 2.31. The van der Waals surface area contributed by atoms with Crippen molar-refractivity contribution in [1.82, 2.24) is 0 Å². The second-order valence-corrected chi connectivity index (χ2v) is 5.07. The minimum absolute atomic E-state index is 0.0911. The topological polar surface area (TPSA) is 9.23 Å². The van der Waals surface area contributed by atoms with Crippen molar-refractivity contribution in [2.24, 2.45) is 0 Å². The van der Waals surface area contributed by atoms with E-state index in [0.717, 1.165) is 24.1 Å². The van der Waals surface area contributed by atoms with E-state index >= 15 is 0 Å². The first-order valence-corrected chi connectivity index (χ1v) is 5.81. The number of benzene rings is 1. The number of rotatable bonds is 1. The lowest BCUT2D eigenvalue weighted by molar-refractivity contribution is -0.137. The molecule has 1 saturated heterocycles. The molecule has 0 aliphatic carbocycles. The molecular formula is C11H10BrF3O. The number of halogens is 4. The molecule has 88 valence electrons. The van der Waals surface area contributed by atoms with Crippen molar-refractivity contribution in [2.75, 3.05) is 6.61 Å². The van der Waals surface area contributed by atoms with Gasteiger partial charge < -0.3 is 4.74 Å². The molecule has 2 rings (SSSR count). The molecule has 5 heteroatoms. The van der Waals surface area contributed by atoms with Gasteiger partial charge in [0.1, 0.15) is 0 Å². The van der Waals surface area contributed by atoms with Crippen LogP contribution in [-0.4, -0.2) is 11.4 Å². The molecule has 0 N–H and O–H groups in total. The van der Waals surface area contributed by atoms with Crippen LogP contribution in [0.15, 0.2) is 24.3 Å². The van der Waals surface area contributed by atoms with Crippen LogP contribution >= 0.6 is 15.9 Å². The quantitative estimate of drug-likeness (QED) is 0.713. The Morgan fingerprint density at radius 1 is 1.19 bits per heavy atom. The molecule has 0 radical (unpaired) electrons. The monoisotopic (exact) mass is 294 g/mol. The number of hydrogen-bond donors (Lipinski definition) is 0. The molecular weight excluding hydrogens is 285 g/mol. The molecule has 1 aromatic rings. The summed E-state index contributed by atoms with van der Waals surface area (Å²) in [6, 6.07) is 5.16.